The average Bonchev–Trinajstić information content (AvgIpc) is 1.68. The fraction of sp³-hybridized carbons (Fsp3) is 0.750. The Morgan fingerprint density at radius 1 is 1.43 bits per heavy atom. The van der Waals surface area contributed by atoms with Gasteiger partial charge in [0.1, 0.15) is 5.78 Å². The van der Waals surface area contributed by atoms with Crippen molar-refractivity contribution < 1.29 is 4.79 Å². The zero-order chi connectivity index (χ0) is 5.70. The third kappa shape index (κ3) is 4.48. The molecule has 0 aliphatic carbocycles. The van der Waals surface area contributed by atoms with E-state index in [0.29, 0.717) is 11.8 Å². The van der Waals surface area contributed by atoms with Gasteiger partial charge in [-0.2, -0.15) is 0 Å². The number of rotatable bonds is 3. The van der Waals surface area contributed by atoms with Crippen LogP contribution in [0.25, 0.3) is 0 Å². The SMILES string of the molecule is O=C(CBr)CCBr. The smallest absolute Gasteiger partial charge is 0.144 e. The van der Waals surface area contributed by atoms with E-state index >= 15 is 0 Å². The molecule has 0 N–H and O–H groups in total. The molecular weight excluding hydrogens is 224 g/mol. The van der Waals surface area contributed by atoms with Gasteiger partial charge in [-0.1, -0.05) is 31.9 Å². The van der Waals surface area contributed by atoms with Crippen LogP contribution in [0.15, 0.2) is 0 Å². The lowest BCUT2D eigenvalue weighted by Gasteiger charge is -1.85. The standard InChI is InChI=1S/C4H6Br2O/c5-2-1-4(7)3-6/h1-3H2. The van der Waals surface area contributed by atoms with E-state index in [4.69, 9.17) is 0 Å². The van der Waals surface area contributed by atoms with E-state index in [-0.39, 0.29) is 5.78 Å². The molecule has 0 saturated carbocycles. The molecule has 0 aromatic carbocycles. The van der Waals surface area contributed by atoms with Crippen LogP contribution < -0.4 is 0 Å². The molecule has 0 aliphatic rings. The molecule has 1 nitrogen and oxygen atoms in total. The molecule has 0 aliphatic heterocycles. The van der Waals surface area contributed by atoms with Crippen LogP contribution in [0.3, 0.4) is 0 Å². The van der Waals surface area contributed by atoms with Gasteiger partial charge in [-0.25, -0.2) is 0 Å². The summed E-state index contributed by atoms with van der Waals surface area (Å²) >= 11 is 6.19. The highest BCUT2D eigenvalue weighted by Gasteiger charge is 1.93. The Balaban J connectivity index is 3.00. The van der Waals surface area contributed by atoms with Crippen molar-refractivity contribution in [3.8, 4) is 0 Å². The van der Waals surface area contributed by atoms with Crippen LogP contribution in [0.2, 0.25) is 0 Å². The Bertz CT molecular complexity index is 62.7. The van der Waals surface area contributed by atoms with Crippen LogP contribution in [0.1, 0.15) is 6.42 Å². The highest BCUT2D eigenvalue weighted by Crippen LogP contribution is 1.91. The number of hydrogen-bond acceptors (Lipinski definition) is 1. The first-order valence-corrected chi connectivity index (χ1v) is 4.19. The van der Waals surface area contributed by atoms with Crippen LogP contribution in [0.4, 0.5) is 0 Å². The second-order valence-corrected chi connectivity index (χ2v) is 2.47. The van der Waals surface area contributed by atoms with Gasteiger partial charge in [0.05, 0.1) is 5.33 Å². The summed E-state index contributed by atoms with van der Waals surface area (Å²) in [4.78, 5) is 10.3. The number of Topliss-reactive ketones (excluding diaryl/α,β-unsaturated/α-hetero) is 1. The summed E-state index contributed by atoms with van der Waals surface area (Å²) in [6.07, 6.45) is 0.630. The van der Waals surface area contributed by atoms with Crippen molar-refractivity contribution in [3.63, 3.8) is 0 Å². The first-order chi connectivity index (χ1) is 3.31. The largest absolute Gasteiger partial charge is 0.299 e. The highest BCUT2D eigenvalue weighted by molar-refractivity contribution is 9.09. The normalized spacial score (nSPS) is 8.86. The molecule has 7 heavy (non-hydrogen) atoms. The molecule has 0 atom stereocenters. The van der Waals surface area contributed by atoms with E-state index < -0.39 is 0 Å². The highest BCUT2D eigenvalue weighted by atomic mass is 79.9. The molecule has 0 fully saturated rings. The van der Waals surface area contributed by atoms with E-state index in [9.17, 15) is 4.79 Å². The molecule has 0 radical (unpaired) electrons. The second-order valence-electron chi connectivity index (χ2n) is 1.11. The lowest BCUT2D eigenvalue weighted by Crippen LogP contribution is -1.97. The molecule has 3 heteroatoms. The summed E-state index contributed by atoms with van der Waals surface area (Å²) in [6, 6.07) is 0. The Morgan fingerprint density at radius 3 is 2.14 bits per heavy atom. The van der Waals surface area contributed by atoms with Gasteiger partial charge in [-0.05, 0) is 0 Å². The molecular formula is C4H6Br2O. The first kappa shape index (κ1) is 7.63. The van der Waals surface area contributed by atoms with Crippen molar-refractivity contribution in [1.82, 2.24) is 0 Å². The fourth-order valence-electron chi connectivity index (χ4n) is 0.172. The van der Waals surface area contributed by atoms with Crippen LogP contribution in [0.5, 0.6) is 0 Å². The van der Waals surface area contributed by atoms with Crippen molar-refractivity contribution >= 4 is 37.6 Å². The Kier molecular flexibility index (Phi) is 5.21. The number of halogens is 2. The van der Waals surface area contributed by atoms with Gasteiger partial charge in [-0.15, -0.1) is 0 Å². The minimum Gasteiger partial charge on any atom is -0.299 e. The molecule has 0 unspecified atom stereocenters. The molecule has 0 aromatic heterocycles. The molecule has 42 valence electrons. The summed E-state index contributed by atoms with van der Waals surface area (Å²) in [5.74, 6) is 0.247. The van der Waals surface area contributed by atoms with Crippen LogP contribution in [0, 0.1) is 0 Å². The maximum Gasteiger partial charge on any atom is 0.144 e. The van der Waals surface area contributed by atoms with E-state index in [1.807, 2.05) is 0 Å². The van der Waals surface area contributed by atoms with Crippen molar-refractivity contribution in [1.29, 1.82) is 0 Å². The van der Waals surface area contributed by atoms with Crippen molar-refractivity contribution in [2.75, 3.05) is 10.7 Å². The predicted octanol–water partition coefficient (Wildman–Crippen LogP) is 1.74. The fourth-order valence-corrected chi connectivity index (χ4v) is 0.895. The van der Waals surface area contributed by atoms with Gasteiger partial charge >= 0.3 is 0 Å². The van der Waals surface area contributed by atoms with E-state index in [1.165, 1.54) is 0 Å². The number of hydrogen-bond donors (Lipinski definition) is 0. The number of ketones is 1. The van der Waals surface area contributed by atoms with Gasteiger partial charge in [0.2, 0.25) is 0 Å². The van der Waals surface area contributed by atoms with Crippen molar-refractivity contribution in [2.45, 2.75) is 6.42 Å². The first-order valence-electron chi connectivity index (χ1n) is 1.95. The summed E-state index contributed by atoms with van der Waals surface area (Å²) in [5, 5.41) is 1.26. The van der Waals surface area contributed by atoms with Gasteiger partial charge in [-0.3, -0.25) is 4.79 Å². The minimum absolute atomic E-state index is 0.247. The lowest BCUT2D eigenvalue weighted by molar-refractivity contribution is -0.116. The zero-order valence-corrected chi connectivity index (χ0v) is 6.96. The summed E-state index contributed by atoms with van der Waals surface area (Å²) in [5.41, 5.74) is 0. The average molecular weight is 230 g/mol. The van der Waals surface area contributed by atoms with Gasteiger partial charge in [0.25, 0.3) is 0 Å². The number of alkyl halides is 2. The quantitative estimate of drug-likeness (QED) is 0.674. The van der Waals surface area contributed by atoms with Crippen molar-refractivity contribution in [2.24, 2.45) is 0 Å². The third-order valence-electron chi connectivity index (χ3n) is 0.522. The van der Waals surface area contributed by atoms with Crippen LogP contribution in [-0.2, 0) is 4.79 Å². The van der Waals surface area contributed by atoms with Gasteiger partial charge < -0.3 is 0 Å². The molecule has 0 amide bonds. The van der Waals surface area contributed by atoms with E-state index in [0.717, 1.165) is 5.33 Å². The number of carbonyl (C=O) groups excluding carboxylic acids is 1. The predicted molar refractivity (Wildman–Crippen MR) is 37.2 cm³/mol. The number of carbonyl (C=O) groups is 1. The van der Waals surface area contributed by atoms with Crippen LogP contribution >= 0.6 is 31.9 Å². The van der Waals surface area contributed by atoms with Gasteiger partial charge in [0.15, 0.2) is 0 Å². The maximum atomic E-state index is 10.3. The topological polar surface area (TPSA) is 17.1 Å². The summed E-state index contributed by atoms with van der Waals surface area (Å²) in [7, 11) is 0. The monoisotopic (exact) mass is 228 g/mol. The zero-order valence-electron chi connectivity index (χ0n) is 3.79. The van der Waals surface area contributed by atoms with Gasteiger partial charge in [0, 0.05) is 11.8 Å². The second kappa shape index (κ2) is 4.78. The van der Waals surface area contributed by atoms with Crippen LogP contribution in [-0.4, -0.2) is 16.4 Å². The Labute approximate surface area is 59.7 Å². The maximum absolute atomic E-state index is 10.3. The molecule has 0 rings (SSSR count). The Hall–Kier alpha value is 0.630. The molecule has 0 saturated heterocycles. The van der Waals surface area contributed by atoms with E-state index in [2.05, 4.69) is 31.9 Å². The molecule has 0 aromatic rings. The minimum atomic E-state index is 0.247. The molecule has 0 spiro atoms. The lowest BCUT2D eigenvalue weighted by atomic mass is 10.4. The third-order valence-corrected chi connectivity index (χ3v) is 1.54. The van der Waals surface area contributed by atoms with E-state index in [1.54, 1.807) is 0 Å². The molecule has 0 heterocycles. The summed E-state index contributed by atoms with van der Waals surface area (Å²) < 4.78 is 0. The van der Waals surface area contributed by atoms with Crippen molar-refractivity contribution in [3.05, 3.63) is 0 Å². The molecule has 0 bridgehead atoms. The Morgan fingerprint density at radius 2 is 2.00 bits per heavy atom. The summed E-state index contributed by atoms with van der Waals surface area (Å²) in [6.45, 7) is 0.